The van der Waals surface area contributed by atoms with E-state index < -0.39 is 5.60 Å². The van der Waals surface area contributed by atoms with E-state index >= 15 is 0 Å². The van der Waals surface area contributed by atoms with Crippen LogP contribution in [-0.4, -0.2) is 36.2 Å². The summed E-state index contributed by atoms with van der Waals surface area (Å²) < 4.78 is 0. The standard InChI is InChI=1S/C13H26N2O2/c1-3-7-15-12(16)9-14-10-13(17)6-4-5-11(2)8-13/h11,14,17H,3-10H2,1-2H3,(H,15,16). The van der Waals surface area contributed by atoms with Gasteiger partial charge in [0, 0.05) is 13.1 Å². The molecule has 0 aromatic carbocycles. The molecule has 0 spiro atoms. The van der Waals surface area contributed by atoms with Crippen molar-refractivity contribution in [3.05, 3.63) is 0 Å². The second-order valence-corrected chi connectivity index (χ2v) is 5.38. The van der Waals surface area contributed by atoms with Crippen molar-refractivity contribution in [1.29, 1.82) is 0 Å². The third kappa shape index (κ3) is 5.50. The van der Waals surface area contributed by atoms with E-state index in [0.29, 0.717) is 19.0 Å². The van der Waals surface area contributed by atoms with Gasteiger partial charge in [-0.05, 0) is 25.2 Å². The van der Waals surface area contributed by atoms with Crippen LogP contribution in [0.2, 0.25) is 0 Å². The summed E-state index contributed by atoms with van der Waals surface area (Å²) in [5.74, 6) is 0.601. The minimum absolute atomic E-state index is 0.0132. The van der Waals surface area contributed by atoms with Crippen LogP contribution in [0.4, 0.5) is 0 Å². The number of hydrogen-bond acceptors (Lipinski definition) is 3. The highest BCUT2D eigenvalue weighted by Crippen LogP contribution is 2.31. The normalized spacial score (nSPS) is 29.0. The molecule has 1 saturated carbocycles. The Morgan fingerprint density at radius 2 is 2.29 bits per heavy atom. The Kier molecular flexibility index (Phi) is 5.92. The molecule has 17 heavy (non-hydrogen) atoms. The molecular formula is C13H26N2O2. The highest BCUT2D eigenvalue weighted by Gasteiger charge is 2.32. The molecule has 0 radical (unpaired) electrons. The van der Waals surface area contributed by atoms with Gasteiger partial charge in [-0.2, -0.15) is 0 Å². The van der Waals surface area contributed by atoms with Crippen molar-refractivity contribution < 1.29 is 9.90 Å². The SMILES string of the molecule is CCCNC(=O)CNCC1(O)CCCC(C)C1. The molecule has 0 aromatic rings. The molecule has 0 aliphatic heterocycles. The van der Waals surface area contributed by atoms with E-state index in [9.17, 15) is 9.90 Å². The maximum atomic E-state index is 11.4. The van der Waals surface area contributed by atoms with Crippen LogP contribution in [0.25, 0.3) is 0 Å². The fourth-order valence-electron chi connectivity index (χ4n) is 2.53. The molecule has 4 heteroatoms. The molecule has 1 fully saturated rings. The molecule has 2 atom stereocenters. The van der Waals surface area contributed by atoms with E-state index in [4.69, 9.17) is 0 Å². The van der Waals surface area contributed by atoms with Crippen LogP contribution in [0.5, 0.6) is 0 Å². The number of nitrogens with one attached hydrogen (secondary N) is 2. The largest absolute Gasteiger partial charge is 0.389 e. The zero-order valence-electron chi connectivity index (χ0n) is 11.1. The Morgan fingerprint density at radius 3 is 2.94 bits per heavy atom. The summed E-state index contributed by atoms with van der Waals surface area (Å²) in [7, 11) is 0. The average molecular weight is 242 g/mol. The van der Waals surface area contributed by atoms with Crippen LogP contribution < -0.4 is 10.6 Å². The van der Waals surface area contributed by atoms with E-state index in [1.807, 2.05) is 6.92 Å². The van der Waals surface area contributed by atoms with Crippen LogP contribution in [0.1, 0.15) is 46.0 Å². The molecule has 2 unspecified atom stereocenters. The van der Waals surface area contributed by atoms with Gasteiger partial charge < -0.3 is 15.7 Å². The van der Waals surface area contributed by atoms with Crippen molar-refractivity contribution in [2.24, 2.45) is 5.92 Å². The number of amides is 1. The van der Waals surface area contributed by atoms with Crippen LogP contribution in [0.3, 0.4) is 0 Å². The second kappa shape index (κ2) is 6.97. The smallest absolute Gasteiger partial charge is 0.233 e. The topological polar surface area (TPSA) is 61.4 Å². The van der Waals surface area contributed by atoms with Gasteiger partial charge in [0.05, 0.1) is 12.1 Å². The van der Waals surface area contributed by atoms with Crippen molar-refractivity contribution in [2.45, 2.75) is 51.6 Å². The lowest BCUT2D eigenvalue weighted by atomic mass is 9.79. The minimum atomic E-state index is -0.608. The first-order valence-electron chi connectivity index (χ1n) is 6.75. The fraction of sp³-hybridized carbons (Fsp3) is 0.923. The highest BCUT2D eigenvalue weighted by atomic mass is 16.3. The van der Waals surface area contributed by atoms with Crippen molar-refractivity contribution >= 4 is 5.91 Å². The monoisotopic (exact) mass is 242 g/mol. The molecule has 0 bridgehead atoms. The van der Waals surface area contributed by atoms with Gasteiger partial charge in [0.2, 0.25) is 5.91 Å². The third-order valence-corrected chi connectivity index (χ3v) is 3.38. The van der Waals surface area contributed by atoms with E-state index in [2.05, 4.69) is 17.6 Å². The zero-order valence-corrected chi connectivity index (χ0v) is 11.1. The van der Waals surface area contributed by atoms with Crippen molar-refractivity contribution in [1.82, 2.24) is 10.6 Å². The van der Waals surface area contributed by atoms with Gasteiger partial charge in [-0.3, -0.25) is 4.79 Å². The Morgan fingerprint density at radius 1 is 1.53 bits per heavy atom. The van der Waals surface area contributed by atoms with E-state index in [-0.39, 0.29) is 5.91 Å². The second-order valence-electron chi connectivity index (χ2n) is 5.38. The number of carbonyl (C=O) groups is 1. The number of hydrogen-bond donors (Lipinski definition) is 3. The first kappa shape index (κ1) is 14.5. The van der Waals surface area contributed by atoms with Gasteiger partial charge >= 0.3 is 0 Å². The summed E-state index contributed by atoms with van der Waals surface area (Å²) in [5, 5.41) is 16.2. The lowest BCUT2D eigenvalue weighted by molar-refractivity contribution is -0.120. The first-order chi connectivity index (χ1) is 8.06. The van der Waals surface area contributed by atoms with E-state index in [0.717, 1.165) is 32.2 Å². The molecule has 1 rings (SSSR count). The Bertz CT molecular complexity index is 246. The highest BCUT2D eigenvalue weighted by molar-refractivity contribution is 5.77. The van der Waals surface area contributed by atoms with Crippen molar-refractivity contribution in [3.63, 3.8) is 0 Å². The summed E-state index contributed by atoms with van der Waals surface area (Å²) in [4.78, 5) is 11.4. The van der Waals surface area contributed by atoms with Crippen LogP contribution in [0, 0.1) is 5.92 Å². The Labute approximate surface area is 104 Å². The van der Waals surface area contributed by atoms with Crippen LogP contribution in [-0.2, 0) is 4.79 Å². The van der Waals surface area contributed by atoms with Gasteiger partial charge in [0.25, 0.3) is 0 Å². The molecule has 4 nitrogen and oxygen atoms in total. The lowest BCUT2D eigenvalue weighted by Crippen LogP contribution is -2.46. The summed E-state index contributed by atoms with van der Waals surface area (Å²) in [5.41, 5.74) is -0.608. The molecule has 0 heterocycles. The summed E-state index contributed by atoms with van der Waals surface area (Å²) in [6.07, 6.45) is 4.94. The van der Waals surface area contributed by atoms with E-state index in [1.54, 1.807) is 0 Å². The molecule has 1 amide bonds. The number of rotatable bonds is 6. The molecule has 3 N–H and O–H groups in total. The molecular weight excluding hydrogens is 216 g/mol. The zero-order chi connectivity index (χ0) is 12.7. The fourth-order valence-corrected chi connectivity index (χ4v) is 2.53. The Balaban J connectivity index is 2.18. The molecule has 0 saturated heterocycles. The van der Waals surface area contributed by atoms with Crippen LogP contribution in [0.15, 0.2) is 0 Å². The maximum Gasteiger partial charge on any atom is 0.233 e. The van der Waals surface area contributed by atoms with Gasteiger partial charge in [-0.15, -0.1) is 0 Å². The predicted octanol–water partition coefficient (Wildman–Crippen LogP) is 1.04. The van der Waals surface area contributed by atoms with Gasteiger partial charge in [-0.25, -0.2) is 0 Å². The van der Waals surface area contributed by atoms with Crippen molar-refractivity contribution in [2.75, 3.05) is 19.6 Å². The molecule has 1 aliphatic carbocycles. The summed E-state index contributed by atoms with van der Waals surface area (Å²) in [6.45, 7) is 5.76. The minimum Gasteiger partial charge on any atom is -0.389 e. The quantitative estimate of drug-likeness (QED) is 0.652. The summed E-state index contributed by atoms with van der Waals surface area (Å²) in [6, 6.07) is 0. The van der Waals surface area contributed by atoms with Gasteiger partial charge in [0.15, 0.2) is 0 Å². The summed E-state index contributed by atoms with van der Waals surface area (Å²) >= 11 is 0. The third-order valence-electron chi connectivity index (χ3n) is 3.38. The van der Waals surface area contributed by atoms with Gasteiger partial charge in [0.1, 0.15) is 0 Å². The average Bonchev–Trinajstić information content (AvgIpc) is 2.25. The maximum absolute atomic E-state index is 11.4. The van der Waals surface area contributed by atoms with Gasteiger partial charge in [-0.1, -0.05) is 26.7 Å². The van der Waals surface area contributed by atoms with E-state index in [1.165, 1.54) is 6.42 Å². The molecule has 100 valence electrons. The molecule has 0 aromatic heterocycles. The number of carbonyl (C=O) groups excluding carboxylic acids is 1. The Hall–Kier alpha value is -0.610. The predicted molar refractivity (Wildman–Crippen MR) is 68.8 cm³/mol. The molecule has 1 aliphatic rings. The lowest BCUT2D eigenvalue weighted by Gasteiger charge is -2.35. The number of aliphatic hydroxyl groups is 1. The van der Waals surface area contributed by atoms with Crippen molar-refractivity contribution in [3.8, 4) is 0 Å². The van der Waals surface area contributed by atoms with Crippen LogP contribution >= 0.6 is 0 Å². The first-order valence-corrected chi connectivity index (χ1v) is 6.75.